The largest absolute Gasteiger partial charge is 0.479 e. The molecule has 1 heterocycles. The highest BCUT2D eigenvalue weighted by atomic mass is 35.5. The van der Waals surface area contributed by atoms with Gasteiger partial charge in [0.15, 0.2) is 12.4 Å². The van der Waals surface area contributed by atoms with Gasteiger partial charge in [0, 0.05) is 6.42 Å². The molecule has 138 valence electrons. The zero-order valence-electron chi connectivity index (χ0n) is 13.3. The van der Waals surface area contributed by atoms with Crippen molar-refractivity contribution in [3.8, 4) is 5.75 Å². The van der Waals surface area contributed by atoms with Gasteiger partial charge in [-0.3, -0.25) is 5.10 Å². The Morgan fingerprint density at radius 2 is 1.96 bits per heavy atom. The van der Waals surface area contributed by atoms with Gasteiger partial charge in [0.05, 0.1) is 10.0 Å². The molecule has 0 aliphatic heterocycles. The van der Waals surface area contributed by atoms with Gasteiger partial charge in [0.25, 0.3) is 0 Å². The van der Waals surface area contributed by atoms with Gasteiger partial charge in [0.2, 0.25) is 5.16 Å². The molecule has 2 aromatic rings. The number of halogens is 2. The third-order valence-corrected chi connectivity index (χ3v) is 4.36. The monoisotopic (exact) mass is 417 g/mol. The Bertz CT molecular complexity index is 846. The lowest BCUT2D eigenvalue weighted by Gasteiger charge is -2.09. The number of carboxylic acids is 2. The molecule has 0 radical (unpaired) electrons. The number of carbonyl (C=O) groups is 2. The molecule has 0 atom stereocenters. The number of carboxylic acid groups (broad SMARTS) is 2. The third kappa shape index (κ3) is 5.38. The van der Waals surface area contributed by atoms with E-state index in [4.69, 9.17) is 33.0 Å². The van der Waals surface area contributed by atoms with E-state index in [1.165, 1.54) is 18.2 Å². The Hall–Kier alpha value is -2.23. The van der Waals surface area contributed by atoms with Crippen LogP contribution in [0.3, 0.4) is 0 Å². The van der Waals surface area contributed by atoms with Crippen LogP contribution in [0.15, 0.2) is 22.2 Å². The van der Waals surface area contributed by atoms with Gasteiger partial charge in [0.1, 0.15) is 10.7 Å². The summed E-state index contributed by atoms with van der Waals surface area (Å²) in [6.45, 7) is 1.29. The molecule has 0 saturated heterocycles. The number of nitrogens with zero attached hydrogens (tertiary/aromatic N) is 2. The molecule has 0 unspecified atom stereocenters. The lowest BCUT2D eigenvalue weighted by Crippen LogP contribution is -2.10. The quantitative estimate of drug-likeness (QED) is 0.440. The summed E-state index contributed by atoms with van der Waals surface area (Å²) in [7, 11) is 0. The van der Waals surface area contributed by atoms with E-state index < -0.39 is 18.5 Å². The number of hydrogen-bond donors (Lipinski definition) is 3. The topological polar surface area (TPSA) is 125 Å². The molecule has 0 spiro atoms. The molecule has 0 amide bonds. The van der Waals surface area contributed by atoms with E-state index in [1.54, 1.807) is 0 Å². The number of aromatic nitrogens is 3. The van der Waals surface area contributed by atoms with Crippen molar-refractivity contribution in [3.05, 3.63) is 38.5 Å². The van der Waals surface area contributed by atoms with Crippen molar-refractivity contribution >= 4 is 53.0 Å². The molecule has 8 nitrogen and oxygen atoms in total. The molecule has 11 heteroatoms. The smallest absolute Gasteiger partial charge is 0.342 e. The number of H-pyrrole nitrogens is 1. The zero-order valence-corrected chi connectivity index (χ0v) is 15.7. The van der Waals surface area contributed by atoms with E-state index in [9.17, 15) is 14.7 Å². The number of nitrogens with one attached hydrogen (secondary N) is 1. The van der Waals surface area contributed by atoms with Crippen molar-refractivity contribution in [2.24, 2.45) is 0 Å². The number of aliphatic carboxylic acids is 2. The van der Waals surface area contributed by atoms with Crippen LogP contribution in [-0.4, -0.2) is 43.9 Å². The molecule has 0 bridgehead atoms. The van der Waals surface area contributed by atoms with Gasteiger partial charge in [-0.15, -0.1) is 5.10 Å². The lowest BCUT2D eigenvalue weighted by molar-refractivity contribution is -0.139. The highest BCUT2D eigenvalue weighted by Crippen LogP contribution is 2.36. The Morgan fingerprint density at radius 3 is 2.46 bits per heavy atom. The van der Waals surface area contributed by atoms with E-state index in [-0.39, 0.29) is 25.9 Å². The Kier molecular flexibility index (Phi) is 6.90. The van der Waals surface area contributed by atoms with Crippen LogP contribution in [0.4, 0.5) is 0 Å². The zero-order chi connectivity index (χ0) is 19.3. The fourth-order valence-electron chi connectivity index (χ4n) is 1.80. The molecule has 1 aromatic heterocycles. The van der Waals surface area contributed by atoms with Crippen LogP contribution in [-0.2, 0) is 16.0 Å². The van der Waals surface area contributed by atoms with E-state index in [2.05, 4.69) is 15.2 Å². The number of benzene rings is 1. The van der Waals surface area contributed by atoms with Crippen LogP contribution < -0.4 is 4.74 Å². The summed E-state index contributed by atoms with van der Waals surface area (Å²) in [5, 5.41) is 25.1. The van der Waals surface area contributed by atoms with Crippen molar-refractivity contribution in [1.82, 2.24) is 15.2 Å². The second kappa shape index (κ2) is 8.93. The molecular formula is C15H13Cl2N3O5S. The average molecular weight is 418 g/mol. The van der Waals surface area contributed by atoms with Crippen LogP contribution in [0.2, 0.25) is 10.0 Å². The minimum Gasteiger partial charge on any atom is -0.479 e. The van der Waals surface area contributed by atoms with E-state index in [0.29, 0.717) is 17.8 Å². The van der Waals surface area contributed by atoms with Gasteiger partial charge in [-0.2, -0.15) is 0 Å². The molecule has 0 aliphatic rings. The first kappa shape index (κ1) is 20.1. The number of rotatable bonds is 8. The maximum atomic E-state index is 11.5. The van der Waals surface area contributed by atoms with Crippen LogP contribution in [0.5, 0.6) is 5.75 Å². The van der Waals surface area contributed by atoms with Crippen LogP contribution in [0, 0.1) is 0 Å². The van der Waals surface area contributed by atoms with Crippen LogP contribution in [0.25, 0.3) is 6.08 Å². The Morgan fingerprint density at radius 1 is 1.31 bits per heavy atom. The Balaban J connectivity index is 2.28. The molecular weight excluding hydrogens is 405 g/mol. The second-order valence-corrected chi connectivity index (χ2v) is 6.65. The first-order valence-electron chi connectivity index (χ1n) is 7.18. The highest BCUT2D eigenvalue weighted by molar-refractivity contribution is 8.04. The molecule has 0 saturated carbocycles. The SMILES string of the molecule is CCc1nc(S/C(=C\c2cc(Cl)c(OCC(=O)O)c(Cl)c2)C(=O)O)n[nH]1. The predicted octanol–water partition coefficient (Wildman–Crippen LogP) is 3.36. The summed E-state index contributed by atoms with van der Waals surface area (Å²) in [6.07, 6.45) is 2.00. The first-order chi connectivity index (χ1) is 12.3. The molecule has 0 aliphatic carbocycles. The summed E-state index contributed by atoms with van der Waals surface area (Å²) in [5.74, 6) is -1.69. The van der Waals surface area contributed by atoms with Crippen LogP contribution >= 0.6 is 35.0 Å². The highest BCUT2D eigenvalue weighted by Gasteiger charge is 2.16. The molecule has 1 aromatic carbocycles. The fourth-order valence-corrected chi connectivity index (χ4v) is 3.14. The van der Waals surface area contributed by atoms with Gasteiger partial charge in [-0.1, -0.05) is 30.1 Å². The number of ether oxygens (including phenoxy) is 1. The van der Waals surface area contributed by atoms with E-state index in [1.807, 2.05) is 6.92 Å². The minimum atomic E-state index is -1.18. The number of aromatic amines is 1. The van der Waals surface area contributed by atoms with Gasteiger partial charge in [-0.05, 0) is 35.5 Å². The van der Waals surface area contributed by atoms with Crippen molar-refractivity contribution in [3.63, 3.8) is 0 Å². The predicted molar refractivity (Wildman–Crippen MR) is 96.8 cm³/mol. The standard InChI is InChI=1S/C15H13Cl2N3O5S/c1-2-11-18-15(20-19-11)26-10(14(23)24)5-7-3-8(16)13(9(17)4-7)25-6-12(21)22/h3-5H,2,6H2,1H3,(H,21,22)(H,23,24)(H,18,19,20)/b10-5-. The maximum absolute atomic E-state index is 11.5. The minimum absolute atomic E-state index is 0.0129. The third-order valence-electron chi connectivity index (χ3n) is 2.92. The second-order valence-electron chi connectivity index (χ2n) is 4.83. The fraction of sp³-hybridized carbons (Fsp3) is 0.200. The summed E-state index contributed by atoms with van der Waals surface area (Å²) in [6, 6.07) is 2.84. The van der Waals surface area contributed by atoms with Gasteiger partial charge < -0.3 is 14.9 Å². The molecule has 0 fully saturated rings. The van der Waals surface area contributed by atoms with Crippen molar-refractivity contribution < 1.29 is 24.5 Å². The molecule has 2 rings (SSSR count). The van der Waals surface area contributed by atoms with Crippen molar-refractivity contribution in [1.29, 1.82) is 0 Å². The summed E-state index contributed by atoms with van der Waals surface area (Å²) < 4.78 is 5.02. The van der Waals surface area contributed by atoms with Crippen LogP contribution in [0.1, 0.15) is 18.3 Å². The molecule has 26 heavy (non-hydrogen) atoms. The summed E-state index contributed by atoms with van der Waals surface area (Å²) in [4.78, 5) is 26.2. The van der Waals surface area contributed by atoms with Gasteiger partial charge in [-0.25, -0.2) is 14.6 Å². The first-order valence-corrected chi connectivity index (χ1v) is 8.75. The van der Waals surface area contributed by atoms with Crippen molar-refractivity contribution in [2.45, 2.75) is 18.5 Å². The Labute approximate surface area is 162 Å². The average Bonchev–Trinajstić information content (AvgIpc) is 3.00. The maximum Gasteiger partial charge on any atom is 0.342 e. The van der Waals surface area contributed by atoms with E-state index >= 15 is 0 Å². The normalized spacial score (nSPS) is 11.4. The van der Waals surface area contributed by atoms with E-state index in [0.717, 1.165) is 11.8 Å². The summed E-state index contributed by atoms with van der Waals surface area (Å²) >= 11 is 13.0. The van der Waals surface area contributed by atoms with Gasteiger partial charge >= 0.3 is 11.9 Å². The molecule has 3 N–H and O–H groups in total. The number of thioether (sulfide) groups is 1. The number of aryl methyl sites for hydroxylation is 1. The summed E-state index contributed by atoms with van der Waals surface area (Å²) in [5.41, 5.74) is 0.402. The lowest BCUT2D eigenvalue weighted by atomic mass is 10.2. The number of hydrogen-bond acceptors (Lipinski definition) is 6. The van der Waals surface area contributed by atoms with Crippen molar-refractivity contribution in [2.75, 3.05) is 6.61 Å².